The Hall–Kier alpha value is -2.67. The molecule has 0 aromatic heterocycles. The number of carbonyl (C=O) groups excluding carboxylic acids is 1. The van der Waals surface area contributed by atoms with Crippen LogP contribution in [0.25, 0.3) is 5.57 Å². The molecule has 0 saturated carbocycles. The highest BCUT2D eigenvalue weighted by Crippen LogP contribution is 2.36. The lowest BCUT2D eigenvalue weighted by atomic mass is 9.88. The Bertz CT molecular complexity index is 782. The second-order valence-electron chi connectivity index (χ2n) is 5.71. The zero-order chi connectivity index (χ0) is 14.9. The van der Waals surface area contributed by atoms with E-state index in [4.69, 9.17) is 0 Å². The van der Waals surface area contributed by atoms with E-state index in [0.717, 1.165) is 18.4 Å². The van der Waals surface area contributed by atoms with Crippen LogP contribution in [0.4, 0.5) is 0 Å². The summed E-state index contributed by atoms with van der Waals surface area (Å²) in [5, 5.41) is 0. The summed E-state index contributed by atoms with van der Waals surface area (Å²) in [6.45, 7) is 0. The molecule has 1 heteroatoms. The molecule has 0 aliphatic heterocycles. The molecule has 0 saturated heterocycles. The van der Waals surface area contributed by atoms with E-state index in [1.54, 1.807) is 12.2 Å². The lowest BCUT2D eigenvalue weighted by Gasteiger charge is -2.15. The first-order valence-electron chi connectivity index (χ1n) is 7.64. The molecule has 0 heterocycles. The Labute approximate surface area is 130 Å². The average molecular weight is 284 g/mol. The van der Waals surface area contributed by atoms with Gasteiger partial charge in [0.15, 0.2) is 5.78 Å². The minimum Gasteiger partial charge on any atom is -0.290 e. The normalized spacial score (nSPS) is 16.3. The van der Waals surface area contributed by atoms with Crippen molar-refractivity contribution >= 4 is 11.4 Å². The topological polar surface area (TPSA) is 17.1 Å². The molecule has 106 valence electrons. The average Bonchev–Trinajstić information content (AvgIpc) is 2.73. The monoisotopic (exact) mass is 284 g/mol. The van der Waals surface area contributed by atoms with E-state index in [-0.39, 0.29) is 5.78 Å². The summed E-state index contributed by atoms with van der Waals surface area (Å²) < 4.78 is 0. The van der Waals surface area contributed by atoms with Crippen molar-refractivity contribution in [2.75, 3.05) is 0 Å². The standard InChI is InChI=1S/C21H16O/c22-18-13-11-17(12-14-18)21-19-7-3-1-5-15(19)9-10-16-6-2-4-8-20(16)21/h1-8,11-14H,9-10H2. The van der Waals surface area contributed by atoms with Crippen LogP contribution >= 0.6 is 0 Å². The maximum absolute atomic E-state index is 11.5. The van der Waals surface area contributed by atoms with E-state index in [1.807, 2.05) is 12.2 Å². The summed E-state index contributed by atoms with van der Waals surface area (Å²) in [7, 11) is 0. The first kappa shape index (κ1) is 13.0. The van der Waals surface area contributed by atoms with Crippen LogP contribution in [0.1, 0.15) is 22.3 Å². The van der Waals surface area contributed by atoms with E-state index in [2.05, 4.69) is 48.5 Å². The van der Waals surface area contributed by atoms with Gasteiger partial charge in [-0.15, -0.1) is 0 Å². The van der Waals surface area contributed by atoms with Crippen molar-refractivity contribution in [2.24, 2.45) is 0 Å². The van der Waals surface area contributed by atoms with Crippen molar-refractivity contribution in [3.8, 4) is 0 Å². The zero-order valence-electron chi connectivity index (χ0n) is 12.3. The van der Waals surface area contributed by atoms with Gasteiger partial charge in [0.2, 0.25) is 0 Å². The molecule has 2 aliphatic carbocycles. The van der Waals surface area contributed by atoms with Crippen molar-refractivity contribution in [2.45, 2.75) is 12.8 Å². The van der Waals surface area contributed by atoms with E-state index in [0.29, 0.717) is 0 Å². The highest BCUT2D eigenvalue weighted by molar-refractivity contribution is 6.03. The summed E-state index contributed by atoms with van der Waals surface area (Å²) in [4.78, 5) is 11.5. The Morgan fingerprint density at radius 2 is 1.14 bits per heavy atom. The van der Waals surface area contributed by atoms with Crippen molar-refractivity contribution in [3.63, 3.8) is 0 Å². The molecule has 0 spiro atoms. The van der Waals surface area contributed by atoms with Gasteiger partial charge in [0.05, 0.1) is 0 Å². The lowest BCUT2D eigenvalue weighted by molar-refractivity contribution is -0.110. The molecule has 0 unspecified atom stereocenters. The number of hydrogen-bond acceptors (Lipinski definition) is 1. The number of allylic oxidation sites excluding steroid dienone is 5. The Kier molecular flexibility index (Phi) is 3.12. The number of benzene rings is 2. The minimum atomic E-state index is 0.0551. The Morgan fingerprint density at radius 3 is 1.68 bits per heavy atom. The third-order valence-electron chi connectivity index (χ3n) is 4.38. The fraction of sp³-hybridized carbons (Fsp3) is 0.0952. The molecular weight excluding hydrogens is 268 g/mol. The summed E-state index contributed by atoms with van der Waals surface area (Å²) in [5.74, 6) is 0.0551. The number of fused-ring (bicyclic) bond motifs is 2. The van der Waals surface area contributed by atoms with Crippen molar-refractivity contribution < 1.29 is 4.79 Å². The second kappa shape index (κ2) is 5.27. The van der Waals surface area contributed by atoms with Crippen LogP contribution in [0, 0.1) is 0 Å². The molecule has 0 bridgehead atoms. The van der Waals surface area contributed by atoms with Gasteiger partial charge in [-0.2, -0.15) is 0 Å². The van der Waals surface area contributed by atoms with Gasteiger partial charge in [-0.25, -0.2) is 0 Å². The summed E-state index contributed by atoms with van der Waals surface area (Å²) in [5.41, 5.74) is 7.67. The van der Waals surface area contributed by atoms with Crippen LogP contribution in [0.15, 0.2) is 78.4 Å². The van der Waals surface area contributed by atoms with Gasteiger partial charge in [0, 0.05) is 0 Å². The van der Waals surface area contributed by atoms with Crippen LogP contribution < -0.4 is 0 Å². The smallest absolute Gasteiger partial charge is 0.178 e. The molecule has 2 aromatic carbocycles. The first-order chi connectivity index (χ1) is 10.8. The van der Waals surface area contributed by atoms with E-state index >= 15 is 0 Å². The summed E-state index contributed by atoms with van der Waals surface area (Å²) in [6, 6.07) is 17.2. The summed E-state index contributed by atoms with van der Waals surface area (Å²) in [6.07, 6.45) is 9.29. The predicted molar refractivity (Wildman–Crippen MR) is 89.6 cm³/mol. The number of carbonyl (C=O) groups is 1. The van der Waals surface area contributed by atoms with Gasteiger partial charge in [-0.05, 0) is 58.4 Å². The second-order valence-corrected chi connectivity index (χ2v) is 5.71. The van der Waals surface area contributed by atoms with Crippen molar-refractivity contribution in [1.29, 1.82) is 0 Å². The fourth-order valence-electron chi connectivity index (χ4n) is 3.31. The van der Waals surface area contributed by atoms with Gasteiger partial charge < -0.3 is 0 Å². The molecule has 1 nitrogen and oxygen atoms in total. The van der Waals surface area contributed by atoms with Crippen LogP contribution in [-0.4, -0.2) is 5.78 Å². The van der Waals surface area contributed by atoms with E-state index < -0.39 is 0 Å². The first-order valence-corrected chi connectivity index (χ1v) is 7.64. The van der Waals surface area contributed by atoms with Crippen LogP contribution in [-0.2, 0) is 17.6 Å². The maximum Gasteiger partial charge on any atom is 0.178 e. The van der Waals surface area contributed by atoms with E-state index in [1.165, 1.54) is 27.8 Å². The molecule has 2 aromatic rings. The van der Waals surface area contributed by atoms with Crippen LogP contribution in [0.2, 0.25) is 0 Å². The lowest BCUT2D eigenvalue weighted by Crippen LogP contribution is -1.99. The highest BCUT2D eigenvalue weighted by Gasteiger charge is 2.20. The van der Waals surface area contributed by atoms with Gasteiger partial charge in [-0.1, -0.05) is 60.7 Å². The number of aryl methyl sites for hydroxylation is 2. The van der Waals surface area contributed by atoms with Gasteiger partial charge in [-0.3, -0.25) is 4.79 Å². The minimum absolute atomic E-state index is 0.0551. The third-order valence-corrected chi connectivity index (χ3v) is 4.38. The van der Waals surface area contributed by atoms with Gasteiger partial charge in [0.1, 0.15) is 0 Å². The molecule has 0 fully saturated rings. The van der Waals surface area contributed by atoms with Crippen LogP contribution in [0.5, 0.6) is 0 Å². The molecule has 0 amide bonds. The molecule has 22 heavy (non-hydrogen) atoms. The number of hydrogen-bond donors (Lipinski definition) is 0. The number of rotatable bonds is 0. The largest absolute Gasteiger partial charge is 0.290 e. The molecule has 0 N–H and O–H groups in total. The molecule has 0 radical (unpaired) electrons. The van der Waals surface area contributed by atoms with Crippen molar-refractivity contribution in [3.05, 3.63) is 101 Å². The van der Waals surface area contributed by atoms with Crippen LogP contribution in [0.3, 0.4) is 0 Å². The molecular formula is C21H16O. The quantitative estimate of drug-likeness (QED) is 0.705. The zero-order valence-corrected chi connectivity index (χ0v) is 12.3. The maximum atomic E-state index is 11.5. The Morgan fingerprint density at radius 1 is 0.636 bits per heavy atom. The SMILES string of the molecule is O=C1C=CC(=C2c3ccccc3CCc3ccccc32)C=C1. The van der Waals surface area contributed by atoms with Gasteiger partial charge >= 0.3 is 0 Å². The predicted octanol–water partition coefficient (Wildman–Crippen LogP) is 4.28. The number of ketones is 1. The Balaban J connectivity index is 2.04. The highest BCUT2D eigenvalue weighted by atomic mass is 16.1. The molecule has 2 aliphatic rings. The third kappa shape index (κ3) is 2.15. The van der Waals surface area contributed by atoms with E-state index in [9.17, 15) is 4.79 Å². The molecule has 0 atom stereocenters. The molecule has 4 rings (SSSR count). The fourth-order valence-corrected chi connectivity index (χ4v) is 3.31. The summed E-state index contributed by atoms with van der Waals surface area (Å²) >= 11 is 0. The van der Waals surface area contributed by atoms with Gasteiger partial charge in [0.25, 0.3) is 0 Å². The van der Waals surface area contributed by atoms with Crippen molar-refractivity contribution in [1.82, 2.24) is 0 Å².